The number of carboxylic acids is 1. The number of carboxylic acid groups (broad SMARTS) is 1. The van der Waals surface area contributed by atoms with Crippen molar-refractivity contribution in [3.05, 3.63) is 71.4 Å². The fourth-order valence-corrected chi connectivity index (χ4v) is 3.61. The van der Waals surface area contributed by atoms with Crippen molar-refractivity contribution in [1.82, 2.24) is 10.3 Å². The van der Waals surface area contributed by atoms with E-state index < -0.39 is 23.7 Å². The third-order valence-electron chi connectivity index (χ3n) is 5.68. The summed E-state index contributed by atoms with van der Waals surface area (Å²) in [5.74, 6) is -1.23. The van der Waals surface area contributed by atoms with Crippen LogP contribution in [-0.4, -0.2) is 42.5 Å². The molecule has 3 aromatic rings. The van der Waals surface area contributed by atoms with Crippen LogP contribution in [0.2, 0.25) is 0 Å². The number of alkyl halides is 3. The smallest absolute Gasteiger partial charge is 0.496 e. The van der Waals surface area contributed by atoms with E-state index in [1.165, 1.54) is 46.2 Å². The quantitative estimate of drug-likeness (QED) is 0.367. The number of nitrogens with zero attached hydrogens (tertiary/aromatic N) is 1. The Morgan fingerprint density at radius 1 is 1.05 bits per heavy atom. The highest BCUT2D eigenvalue weighted by atomic mass is 19.4. The van der Waals surface area contributed by atoms with E-state index in [2.05, 4.69) is 20.4 Å². The lowest BCUT2D eigenvalue weighted by Crippen LogP contribution is -2.30. The van der Waals surface area contributed by atoms with Crippen LogP contribution in [0.5, 0.6) is 11.5 Å². The van der Waals surface area contributed by atoms with Crippen molar-refractivity contribution in [1.29, 1.82) is 0 Å². The van der Waals surface area contributed by atoms with Gasteiger partial charge in [-0.3, -0.25) is 9.59 Å². The maximum absolute atomic E-state index is 12.6. The van der Waals surface area contributed by atoms with Crippen molar-refractivity contribution in [2.45, 2.75) is 32.2 Å². The Balaban J connectivity index is 1.89. The fraction of sp³-hybridized carbons (Fsp3) is 0.269. The molecule has 37 heavy (non-hydrogen) atoms. The molecule has 0 aliphatic heterocycles. The molecule has 0 aliphatic carbocycles. The molecule has 0 unspecified atom stereocenters. The molecule has 3 N–H and O–H groups in total. The third kappa shape index (κ3) is 6.49. The molecule has 2 aromatic carbocycles. The molecule has 196 valence electrons. The first-order chi connectivity index (χ1) is 17.4. The number of halogens is 3. The van der Waals surface area contributed by atoms with E-state index in [9.17, 15) is 27.9 Å². The van der Waals surface area contributed by atoms with Gasteiger partial charge in [0, 0.05) is 30.9 Å². The number of hydrogen-bond donors (Lipinski definition) is 3. The zero-order valence-electron chi connectivity index (χ0n) is 20.6. The molecule has 0 bridgehead atoms. The molecular formula is C26H26F3N3O5. The van der Waals surface area contributed by atoms with Gasteiger partial charge < -0.3 is 25.2 Å². The Labute approximate surface area is 211 Å². The highest BCUT2D eigenvalue weighted by Crippen LogP contribution is 2.38. The first-order valence-electron chi connectivity index (χ1n) is 11.1. The topological polar surface area (TPSA) is 110 Å². The van der Waals surface area contributed by atoms with Crippen molar-refractivity contribution in [3.8, 4) is 22.6 Å². The second-order valence-corrected chi connectivity index (χ2v) is 8.59. The van der Waals surface area contributed by atoms with Gasteiger partial charge in [0.15, 0.2) is 0 Å². The van der Waals surface area contributed by atoms with Gasteiger partial charge in [-0.15, -0.1) is 13.2 Å². The number of carbonyl (C=O) groups excluding carboxylic acids is 1. The number of anilines is 1. The maximum atomic E-state index is 12.6. The molecule has 0 atom stereocenters. The summed E-state index contributed by atoms with van der Waals surface area (Å²) in [7, 11) is 2.83. The second kappa shape index (κ2) is 10.8. The first-order valence-corrected chi connectivity index (χ1v) is 11.1. The minimum Gasteiger partial charge on any atom is -0.496 e. The standard InChI is InChI=1S/C26H26F3N3O5/c1-25(2,24(34)35)20-12-17(11-19(22(20)36-4)23(33)30-3)16-8-9-21(32-14-16)31-13-15-6-5-7-18(10-15)37-26(27,28)29/h5-12,14H,13H2,1-4H3,(H,30,33)(H,31,32)(H,34,35). The molecule has 0 fully saturated rings. The summed E-state index contributed by atoms with van der Waals surface area (Å²) in [5, 5.41) is 15.3. The number of nitrogens with one attached hydrogen (secondary N) is 2. The van der Waals surface area contributed by atoms with Crippen molar-refractivity contribution in [2.75, 3.05) is 19.5 Å². The van der Waals surface area contributed by atoms with Crippen LogP contribution in [0.4, 0.5) is 19.0 Å². The predicted molar refractivity (Wildman–Crippen MR) is 131 cm³/mol. The number of carbonyl (C=O) groups is 2. The van der Waals surface area contributed by atoms with Crippen LogP contribution in [0.25, 0.3) is 11.1 Å². The average molecular weight is 518 g/mol. The third-order valence-corrected chi connectivity index (χ3v) is 5.68. The molecule has 0 aliphatic rings. The van der Waals surface area contributed by atoms with Gasteiger partial charge in [-0.05, 0) is 61.4 Å². The van der Waals surface area contributed by atoms with Crippen LogP contribution < -0.4 is 20.1 Å². The normalized spacial score (nSPS) is 11.5. The molecule has 0 spiro atoms. The van der Waals surface area contributed by atoms with Gasteiger partial charge in [0.05, 0.1) is 18.1 Å². The first kappa shape index (κ1) is 27.3. The van der Waals surface area contributed by atoms with Gasteiger partial charge in [0.1, 0.15) is 17.3 Å². The van der Waals surface area contributed by atoms with Crippen LogP contribution in [0, 0.1) is 0 Å². The molecule has 0 saturated heterocycles. The number of hydrogen-bond acceptors (Lipinski definition) is 6. The van der Waals surface area contributed by atoms with E-state index in [4.69, 9.17) is 4.74 Å². The second-order valence-electron chi connectivity index (χ2n) is 8.59. The molecule has 11 heteroatoms. The van der Waals surface area contributed by atoms with Crippen LogP contribution in [0.1, 0.15) is 35.3 Å². The van der Waals surface area contributed by atoms with Gasteiger partial charge in [0.25, 0.3) is 5.91 Å². The fourth-order valence-electron chi connectivity index (χ4n) is 3.61. The summed E-state index contributed by atoms with van der Waals surface area (Å²) in [5.41, 5.74) is 0.861. The van der Waals surface area contributed by atoms with E-state index in [0.29, 0.717) is 28.1 Å². The maximum Gasteiger partial charge on any atom is 0.573 e. The summed E-state index contributed by atoms with van der Waals surface area (Å²) >= 11 is 0. The van der Waals surface area contributed by atoms with Crippen LogP contribution in [0.15, 0.2) is 54.7 Å². The zero-order chi connectivity index (χ0) is 27.4. The monoisotopic (exact) mass is 517 g/mol. The Morgan fingerprint density at radius 2 is 1.78 bits per heavy atom. The molecule has 3 rings (SSSR count). The van der Waals surface area contributed by atoms with E-state index in [0.717, 1.165) is 0 Å². The molecular weight excluding hydrogens is 491 g/mol. The average Bonchev–Trinajstić information content (AvgIpc) is 2.85. The van der Waals surface area contributed by atoms with Gasteiger partial charge >= 0.3 is 12.3 Å². The highest BCUT2D eigenvalue weighted by Gasteiger charge is 2.35. The van der Waals surface area contributed by atoms with E-state index in [1.54, 1.807) is 36.5 Å². The summed E-state index contributed by atoms with van der Waals surface area (Å²) in [6, 6.07) is 12.2. The molecule has 0 radical (unpaired) electrons. The number of benzene rings is 2. The Bertz CT molecular complexity index is 1290. The molecule has 1 amide bonds. The van der Waals surface area contributed by atoms with Crippen molar-refractivity contribution in [2.24, 2.45) is 0 Å². The van der Waals surface area contributed by atoms with E-state index in [-0.39, 0.29) is 23.6 Å². The Hall–Kier alpha value is -4.28. The van der Waals surface area contributed by atoms with Crippen molar-refractivity contribution >= 4 is 17.7 Å². The highest BCUT2D eigenvalue weighted by molar-refractivity contribution is 5.99. The Kier molecular flexibility index (Phi) is 7.95. The number of methoxy groups -OCH3 is 1. The predicted octanol–water partition coefficient (Wildman–Crippen LogP) is 4.99. The lowest BCUT2D eigenvalue weighted by atomic mass is 9.81. The number of aliphatic carboxylic acids is 1. The minimum atomic E-state index is -4.78. The summed E-state index contributed by atoms with van der Waals surface area (Å²) < 4.78 is 46.7. The number of aromatic nitrogens is 1. The van der Waals surface area contributed by atoms with E-state index >= 15 is 0 Å². The number of pyridine rings is 1. The molecule has 1 aromatic heterocycles. The van der Waals surface area contributed by atoms with E-state index in [1.807, 2.05) is 0 Å². The molecule has 1 heterocycles. The summed E-state index contributed by atoms with van der Waals surface area (Å²) in [6.45, 7) is 3.23. The molecule has 8 nitrogen and oxygen atoms in total. The van der Waals surface area contributed by atoms with Gasteiger partial charge in [-0.1, -0.05) is 12.1 Å². The number of rotatable bonds is 9. The lowest BCUT2D eigenvalue weighted by Gasteiger charge is -2.25. The van der Waals surface area contributed by atoms with Crippen LogP contribution in [-0.2, 0) is 16.8 Å². The number of ether oxygens (including phenoxy) is 2. The zero-order valence-corrected chi connectivity index (χ0v) is 20.6. The van der Waals surface area contributed by atoms with Crippen LogP contribution in [0.3, 0.4) is 0 Å². The lowest BCUT2D eigenvalue weighted by molar-refractivity contribution is -0.274. The summed E-state index contributed by atoms with van der Waals surface area (Å²) in [6.07, 6.45) is -3.24. The van der Waals surface area contributed by atoms with Gasteiger partial charge in [-0.2, -0.15) is 0 Å². The van der Waals surface area contributed by atoms with Gasteiger partial charge in [0.2, 0.25) is 0 Å². The van der Waals surface area contributed by atoms with Gasteiger partial charge in [-0.25, -0.2) is 4.98 Å². The van der Waals surface area contributed by atoms with Crippen molar-refractivity contribution < 1.29 is 37.3 Å². The number of amides is 1. The molecule has 0 saturated carbocycles. The minimum absolute atomic E-state index is 0.165. The van der Waals surface area contributed by atoms with Crippen molar-refractivity contribution in [3.63, 3.8) is 0 Å². The summed E-state index contributed by atoms with van der Waals surface area (Å²) in [4.78, 5) is 28.9. The Morgan fingerprint density at radius 3 is 2.35 bits per heavy atom. The largest absolute Gasteiger partial charge is 0.573 e. The van der Waals surface area contributed by atoms with Crippen LogP contribution >= 0.6 is 0 Å². The SMILES string of the molecule is CNC(=O)c1cc(-c2ccc(NCc3cccc(OC(F)(F)F)c3)nc2)cc(C(C)(C)C(=O)O)c1OC.